The summed E-state index contributed by atoms with van der Waals surface area (Å²) in [4.78, 5) is 0. The van der Waals surface area contributed by atoms with E-state index in [1.807, 2.05) is 0 Å². The molecule has 0 spiro atoms. The van der Waals surface area contributed by atoms with Gasteiger partial charge in [0.1, 0.15) is 0 Å². The molecule has 0 unspecified atom stereocenters. The molecular formula is C18H35NO2. The summed E-state index contributed by atoms with van der Waals surface area (Å²) in [6.45, 7) is 2.17. The lowest BCUT2D eigenvalue weighted by atomic mass is 9.93. The van der Waals surface area contributed by atoms with E-state index in [9.17, 15) is 5.11 Å². The summed E-state index contributed by atoms with van der Waals surface area (Å²) in [5, 5.41) is 14.2. The van der Waals surface area contributed by atoms with Crippen LogP contribution in [0.5, 0.6) is 0 Å². The normalized spacial score (nSPS) is 26.7. The molecule has 1 saturated heterocycles. The molecule has 0 atom stereocenters. The standard InChI is InChI=1S/C18H35NO2/c20-18(12-14-21-15-13-18)16-19-17-10-8-6-4-2-1-3-5-7-9-11-17/h17,19-20H,1-16H2. The molecule has 0 radical (unpaired) electrons. The van der Waals surface area contributed by atoms with Crippen LogP contribution >= 0.6 is 0 Å². The minimum Gasteiger partial charge on any atom is -0.388 e. The molecule has 0 aromatic heterocycles. The second-order valence-electron chi connectivity index (χ2n) is 7.17. The molecule has 1 aliphatic carbocycles. The van der Waals surface area contributed by atoms with Crippen molar-refractivity contribution in [2.75, 3.05) is 19.8 Å². The average molecular weight is 297 g/mol. The molecule has 3 nitrogen and oxygen atoms in total. The second-order valence-corrected chi connectivity index (χ2v) is 7.17. The summed E-state index contributed by atoms with van der Waals surface area (Å²) in [6, 6.07) is 0.608. The van der Waals surface area contributed by atoms with E-state index in [1.165, 1.54) is 70.6 Å². The van der Waals surface area contributed by atoms with Gasteiger partial charge >= 0.3 is 0 Å². The van der Waals surface area contributed by atoms with Gasteiger partial charge in [0.05, 0.1) is 5.60 Å². The third-order valence-electron chi connectivity index (χ3n) is 5.25. The highest BCUT2D eigenvalue weighted by Crippen LogP contribution is 2.21. The molecule has 21 heavy (non-hydrogen) atoms. The van der Waals surface area contributed by atoms with Crippen LogP contribution in [0.15, 0.2) is 0 Å². The summed E-state index contributed by atoms with van der Waals surface area (Å²) in [5.74, 6) is 0. The Morgan fingerprint density at radius 1 is 0.810 bits per heavy atom. The van der Waals surface area contributed by atoms with Crippen LogP contribution in [-0.2, 0) is 4.74 Å². The Morgan fingerprint density at radius 2 is 1.29 bits per heavy atom. The zero-order valence-electron chi connectivity index (χ0n) is 13.7. The molecule has 1 aliphatic heterocycles. The van der Waals surface area contributed by atoms with Gasteiger partial charge in [-0.1, -0.05) is 57.8 Å². The van der Waals surface area contributed by atoms with E-state index in [2.05, 4.69) is 5.32 Å². The Hall–Kier alpha value is -0.120. The first kappa shape index (κ1) is 17.2. The number of hydrogen-bond acceptors (Lipinski definition) is 3. The maximum atomic E-state index is 10.6. The van der Waals surface area contributed by atoms with Crippen LogP contribution in [0.1, 0.15) is 83.5 Å². The number of aliphatic hydroxyl groups is 1. The molecule has 0 bridgehead atoms. The summed E-state index contributed by atoms with van der Waals surface area (Å²) >= 11 is 0. The van der Waals surface area contributed by atoms with Crippen molar-refractivity contribution < 1.29 is 9.84 Å². The molecule has 2 N–H and O–H groups in total. The van der Waals surface area contributed by atoms with Crippen molar-refractivity contribution in [2.24, 2.45) is 0 Å². The van der Waals surface area contributed by atoms with Gasteiger partial charge in [-0.2, -0.15) is 0 Å². The van der Waals surface area contributed by atoms with Crippen molar-refractivity contribution >= 4 is 0 Å². The maximum Gasteiger partial charge on any atom is 0.0815 e. The number of hydrogen-bond donors (Lipinski definition) is 2. The Morgan fingerprint density at radius 3 is 1.81 bits per heavy atom. The molecule has 2 aliphatic rings. The van der Waals surface area contributed by atoms with Crippen molar-refractivity contribution in [1.82, 2.24) is 5.32 Å². The predicted octanol–water partition coefficient (Wildman–Crippen LogP) is 3.79. The third-order valence-corrected chi connectivity index (χ3v) is 5.25. The zero-order valence-corrected chi connectivity index (χ0v) is 13.7. The summed E-state index contributed by atoms with van der Waals surface area (Å²) in [6.07, 6.45) is 16.7. The van der Waals surface area contributed by atoms with Gasteiger partial charge in [0.2, 0.25) is 0 Å². The van der Waals surface area contributed by atoms with E-state index in [0.29, 0.717) is 19.3 Å². The Labute approximate surface area is 130 Å². The summed E-state index contributed by atoms with van der Waals surface area (Å²) < 4.78 is 5.36. The molecule has 0 aromatic rings. The number of nitrogens with one attached hydrogen (secondary N) is 1. The van der Waals surface area contributed by atoms with E-state index in [4.69, 9.17) is 4.74 Å². The van der Waals surface area contributed by atoms with E-state index >= 15 is 0 Å². The van der Waals surface area contributed by atoms with Crippen LogP contribution in [0.3, 0.4) is 0 Å². The largest absolute Gasteiger partial charge is 0.388 e. The first-order valence-corrected chi connectivity index (χ1v) is 9.32. The van der Waals surface area contributed by atoms with Gasteiger partial charge < -0.3 is 15.2 Å². The lowest BCUT2D eigenvalue weighted by molar-refractivity contribution is -0.0630. The lowest BCUT2D eigenvalue weighted by Gasteiger charge is -2.34. The van der Waals surface area contributed by atoms with Gasteiger partial charge in [0.15, 0.2) is 0 Å². The van der Waals surface area contributed by atoms with Gasteiger partial charge in [-0.3, -0.25) is 0 Å². The van der Waals surface area contributed by atoms with Gasteiger partial charge in [-0.05, 0) is 12.8 Å². The summed E-state index contributed by atoms with van der Waals surface area (Å²) in [5.41, 5.74) is -0.526. The lowest BCUT2D eigenvalue weighted by Crippen LogP contribution is -2.47. The van der Waals surface area contributed by atoms with Crippen molar-refractivity contribution in [3.63, 3.8) is 0 Å². The van der Waals surface area contributed by atoms with Gasteiger partial charge in [-0.25, -0.2) is 0 Å². The quantitative estimate of drug-likeness (QED) is 0.833. The number of rotatable bonds is 3. The van der Waals surface area contributed by atoms with E-state index in [-0.39, 0.29) is 0 Å². The molecule has 3 heteroatoms. The maximum absolute atomic E-state index is 10.6. The smallest absolute Gasteiger partial charge is 0.0815 e. The number of ether oxygens (including phenoxy) is 1. The van der Waals surface area contributed by atoms with Crippen molar-refractivity contribution in [3.05, 3.63) is 0 Å². The average Bonchev–Trinajstić information content (AvgIpc) is 2.47. The molecule has 1 heterocycles. The Kier molecular flexibility index (Phi) is 8.05. The van der Waals surface area contributed by atoms with Crippen LogP contribution in [0.25, 0.3) is 0 Å². The fourth-order valence-electron chi connectivity index (χ4n) is 3.63. The van der Waals surface area contributed by atoms with Crippen LogP contribution in [0.2, 0.25) is 0 Å². The molecule has 2 fully saturated rings. The molecule has 2 rings (SSSR count). The van der Waals surface area contributed by atoms with Gasteiger partial charge in [-0.15, -0.1) is 0 Å². The summed E-state index contributed by atoms with van der Waals surface area (Å²) in [7, 11) is 0. The predicted molar refractivity (Wildman–Crippen MR) is 87.6 cm³/mol. The SMILES string of the molecule is OC1(CNC2CCCCCCCCCCC2)CCOCC1. The van der Waals surface area contributed by atoms with Crippen LogP contribution in [-0.4, -0.2) is 36.5 Å². The zero-order chi connectivity index (χ0) is 14.8. The Balaban J connectivity index is 1.72. The molecular weight excluding hydrogens is 262 g/mol. The minimum atomic E-state index is -0.526. The van der Waals surface area contributed by atoms with E-state index in [1.54, 1.807) is 0 Å². The van der Waals surface area contributed by atoms with Crippen molar-refractivity contribution in [2.45, 2.75) is 95.1 Å². The second kappa shape index (κ2) is 9.81. The van der Waals surface area contributed by atoms with Crippen LogP contribution < -0.4 is 5.32 Å². The van der Waals surface area contributed by atoms with Gasteiger partial charge in [0, 0.05) is 38.6 Å². The third kappa shape index (κ3) is 7.12. The molecule has 0 amide bonds. The first-order chi connectivity index (χ1) is 10.3. The van der Waals surface area contributed by atoms with E-state index in [0.717, 1.165) is 19.4 Å². The highest BCUT2D eigenvalue weighted by Gasteiger charge is 2.30. The highest BCUT2D eigenvalue weighted by molar-refractivity contribution is 4.85. The Bertz CT molecular complexity index is 252. The van der Waals surface area contributed by atoms with Gasteiger partial charge in [0.25, 0.3) is 0 Å². The van der Waals surface area contributed by atoms with E-state index < -0.39 is 5.60 Å². The van der Waals surface area contributed by atoms with Crippen LogP contribution in [0, 0.1) is 0 Å². The first-order valence-electron chi connectivity index (χ1n) is 9.32. The molecule has 0 aromatic carbocycles. The van der Waals surface area contributed by atoms with Crippen molar-refractivity contribution in [1.29, 1.82) is 0 Å². The fourth-order valence-corrected chi connectivity index (χ4v) is 3.63. The molecule has 1 saturated carbocycles. The fraction of sp³-hybridized carbons (Fsp3) is 1.00. The molecule has 124 valence electrons. The topological polar surface area (TPSA) is 41.5 Å². The minimum absolute atomic E-state index is 0.526. The highest BCUT2D eigenvalue weighted by atomic mass is 16.5. The van der Waals surface area contributed by atoms with Crippen molar-refractivity contribution in [3.8, 4) is 0 Å². The monoisotopic (exact) mass is 297 g/mol. The van der Waals surface area contributed by atoms with Crippen LogP contribution in [0.4, 0.5) is 0 Å².